The van der Waals surface area contributed by atoms with Crippen LogP contribution in [0, 0.1) is 0 Å². The van der Waals surface area contributed by atoms with Crippen LogP contribution in [0.2, 0.25) is 5.02 Å². The molecular formula is C24H32ClN3O5S. The van der Waals surface area contributed by atoms with E-state index < -0.39 is 28.5 Å². The molecule has 0 spiro atoms. The molecule has 0 aliphatic carbocycles. The molecule has 0 bridgehead atoms. The number of hydrogen-bond acceptors (Lipinski definition) is 5. The van der Waals surface area contributed by atoms with E-state index in [2.05, 4.69) is 5.32 Å². The van der Waals surface area contributed by atoms with Gasteiger partial charge in [0.05, 0.1) is 19.1 Å². The monoisotopic (exact) mass is 509 g/mol. The van der Waals surface area contributed by atoms with Crippen molar-refractivity contribution in [3.8, 4) is 5.75 Å². The minimum Gasteiger partial charge on any atom is -0.497 e. The molecule has 0 saturated heterocycles. The molecule has 0 fully saturated rings. The number of sulfonamides is 1. The second kappa shape index (κ2) is 12.1. The van der Waals surface area contributed by atoms with Crippen LogP contribution in [0.3, 0.4) is 0 Å². The molecular weight excluding hydrogens is 478 g/mol. The van der Waals surface area contributed by atoms with Gasteiger partial charge < -0.3 is 15.0 Å². The first-order chi connectivity index (χ1) is 16.0. The van der Waals surface area contributed by atoms with Gasteiger partial charge in [0.2, 0.25) is 21.8 Å². The van der Waals surface area contributed by atoms with Crippen molar-refractivity contribution in [1.29, 1.82) is 0 Å². The van der Waals surface area contributed by atoms with Gasteiger partial charge in [0.25, 0.3) is 0 Å². The van der Waals surface area contributed by atoms with Gasteiger partial charge >= 0.3 is 0 Å². The van der Waals surface area contributed by atoms with Crippen LogP contribution in [0.4, 0.5) is 5.69 Å². The molecule has 186 valence electrons. The van der Waals surface area contributed by atoms with Gasteiger partial charge in [-0.2, -0.15) is 0 Å². The fraction of sp³-hybridized carbons (Fsp3) is 0.417. The first kappa shape index (κ1) is 27.5. The van der Waals surface area contributed by atoms with Crippen LogP contribution in [0.25, 0.3) is 0 Å². The Morgan fingerprint density at radius 3 is 2.38 bits per heavy atom. The van der Waals surface area contributed by atoms with Crippen molar-refractivity contribution in [1.82, 2.24) is 10.2 Å². The Kier molecular flexibility index (Phi) is 9.76. The summed E-state index contributed by atoms with van der Waals surface area (Å²) in [5.41, 5.74) is 0.928. The third-order valence-corrected chi connectivity index (χ3v) is 7.00. The third-order valence-electron chi connectivity index (χ3n) is 5.49. The number of nitrogens with one attached hydrogen (secondary N) is 1. The molecule has 2 aromatic carbocycles. The zero-order chi connectivity index (χ0) is 25.5. The first-order valence-electron chi connectivity index (χ1n) is 10.9. The molecule has 0 aliphatic rings. The average molecular weight is 510 g/mol. The number of carbonyl (C=O) groups is 2. The molecule has 0 aromatic heterocycles. The standard InChI is InChI=1S/C24H32ClN3O5S/c1-6-17(2)26-24(30)18(3)27(15-19-10-7-8-13-22(19)25)23(29)16-28(34(5,31)32)20-11-9-12-21(14-20)33-4/h7-14,17-18H,6,15-16H2,1-5H3,(H,26,30). The molecule has 1 N–H and O–H groups in total. The maximum absolute atomic E-state index is 13.5. The second-order valence-corrected chi connectivity index (χ2v) is 10.4. The molecule has 8 nitrogen and oxygen atoms in total. The van der Waals surface area contributed by atoms with Gasteiger partial charge in [-0.15, -0.1) is 0 Å². The van der Waals surface area contributed by atoms with E-state index in [0.717, 1.165) is 17.0 Å². The van der Waals surface area contributed by atoms with E-state index in [4.69, 9.17) is 16.3 Å². The van der Waals surface area contributed by atoms with E-state index in [0.29, 0.717) is 16.3 Å². The number of amides is 2. The Morgan fingerprint density at radius 2 is 1.79 bits per heavy atom. The van der Waals surface area contributed by atoms with E-state index >= 15 is 0 Å². The Labute approximate surface area is 206 Å². The Bertz CT molecular complexity index is 1110. The van der Waals surface area contributed by atoms with Crippen LogP contribution in [0.1, 0.15) is 32.8 Å². The summed E-state index contributed by atoms with van der Waals surface area (Å²) in [7, 11) is -2.35. The topological polar surface area (TPSA) is 96.0 Å². The average Bonchev–Trinajstić information content (AvgIpc) is 2.80. The Morgan fingerprint density at radius 1 is 1.12 bits per heavy atom. The van der Waals surface area contributed by atoms with Crippen LogP contribution in [0.15, 0.2) is 48.5 Å². The minimum absolute atomic E-state index is 0.0450. The van der Waals surface area contributed by atoms with Crippen LogP contribution in [0.5, 0.6) is 5.75 Å². The summed E-state index contributed by atoms with van der Waals surface area (Å²) < 4.78 is 31.4. The number of hydrogen-bond donors (Lipinski definition) is 1. The van der Waals surface area contributed by atoms with E-state index in [1.54, 1.807) is 49.4 Å². The number of benzene rings is 2. The molecule has 2 amide bonds. The molecule has 2 rings (SSSR count). The normalized spacial score (nSPS) is 13.0. The molecule has 2 unspecified atom stereocenters. The summed E-state index contributed by atoms with van der Waals surface area (Å²) in [5, 5.41) is 3.33. The van der Waals surface area contributed by atoms with E-state index in [1.165, 1.54) is 18.1 Å². The van der Waals surface area contributed by atoms with Gasteiger partial charge in [0.15, 0.2) is 0 Å². The Balaban J connectivity index is 2.41. The van der Waals surface area contributed by atoms with E-state index in [1.807, 2.05) is 13.8 Å². The van der Waals surface area contributed by atoms with Gasteiger partial charge in [-0.1, -0.05) is 42.8 Å². The molecule has 10 heteroatoms. The molecule has 0 saturated carbocycles. The number of halogens is 1. The van der Waals surface area contributed by atoms with Crippen LogP contribution >= 0.6 is 11.6 Å². The molecule has 2 atom stereocenters. The lowest BCUT2D eigenvalue weighted by molar-refractivity contribution is -0.139. The fourth-order valence-electron chi connectivity index (χ4n) is 3.24. The summed E-state index contributed by atoms with van der Waals surface area (Å²) in [5.74, 6) is -0.421. The lowest BCUT2D eigenvalue weighted by atomic mass is 10.1. The zero-order valence-corrected chi connectivity index (χ0v) is 21.7. The number of anilines is 1. The highest BCUT2D eigenvalue weighted by Crippen LogP contribution is 2.24. The van der Waals surface area contributed by atoms with Crippen molar-refractivity contribution in [2.75, 3.05) is 24.2 Å². The summed E-state index contributed by atoms with van der Waals surface area (Å²) in [6.07, 6.45) is 1.76. The van der Waals surface area contributed by atoms with Crippen molar-refractivity contribution in [3.63, 3.8) is 0 Å². The maximum atomic E-state index is 13.5. The van der Waals surface area contributed by atoms with Gasteiger partial charge in [0, 0.05) is 23.7 Å². The van der Waals surface area contributed by atoms with Crippen molar-refractivity contribution in [2.24, 2.45) is 0 Å². The molecule has 2 aromatic rings. The Hall–Kier alpha value is -2.78. The second-order valence-electron chi connectivity index (χ2n) is 8.08. The van der Waals surface area contributed by atoms with Crippen molar-refractivity contribution < 1.29 is 22.7 Å². The maximum Gasteiger partial charge on any atom is 0.244 e. The lowest BCUT2D eigenvalue weighted by Crippen LogP contribution is -2.52. The van der Waals surface area contributed by atoms with Gasteiger partial charge in [-0.3, -0.25) is 13.9 Å². The van der Waals surface area contributed by atoms with Crippen molar-refractivity contribution in [2.45, 2.75) is 45.8 Å². The van der Waals surface area contributed by atoms with Crippen LogP contribution < -0.4 is 14.4 Å². The van der Waals surface area contributed by atoms with E-state index in [-0.39, 0.29) is 24.2 Å². The van der Waals surface area contributed by atoms with Gasteiger partial charge in [-0.25, -0.2) is 8.42 Å². The first-order valence-corrected chi connectivity index (χ1v) is 13.2. The van der Waals surface area contributed by atoms with Gasteiger partial charge in [0.1, 0.15) is 18.3 Å². The largest absolute Gasteiger partial charge is 0.497 e. The predicted octanol–water partition coefficient (Wildman–Crippen LogP) is 3.45. The summed E-state index contributed by atoms with van der Waals surface area (Å²) >= 11 is 6.31. The highest BCUT2D eigenvalue weighted by Gasteiger charge is 2.30. The van der Waals surface area contributed by atoms with Crippen molar-refractivity contribution >= 4 is 39.1 Å². The third kappa shape index (κ3) is 7.36. The quantitative estimate of drug-likeness (QED) is 0.500. The highest BCUT2D eigenvalue weighted by atomic mass is 35.5. The summed E-state index contributed by atoms with van der Waals surface area (Å²) in [4.78, 5) is 27.7. The van der Waals surface area contributed by atoms with Gasteiger partial charge in [-0.05, 0) is 44.0 Å². The zero-order valence-electron chi connectivity index (χ0n) is 20.1. The summed E-state index contributed by atoms with van der Waals surface area (Å²) in [6.45, 7) is 4.99. The number of carbonyl (C=O) groups excluding carboxylic acids is 2. The molecule has 0 heterocycles. The van der Waals surface area contributed by atoms with Crippen LogP contribution in [-0.2, 0) is 26.2 Å². The minimum atomic E-state index is -3.82. The number of nitrogens with zero attached hydrogens (tertiary/aromatic N) is 2. The van der Waals surface area contributed by atoms with E-state index in [9.17, 15) is 18.0 Å². The molecule has 0 aliphatic heterocycles. The summed E-state index contributed by atoms with van der Waals surface area (Å²) in [6, 6.07) is 12.5. The molecule has 34 heavy (non-hydrogen) atoms. The number of ether oxygens (including phenoxy) is 1. The highest BCUT2D eigenvalue weighted by molar-refractivity contribution is 7.92. The van der Waals surface area contributed by atoms with Crippen molar-refractivity contribution in [3.05, 3.63) is 59.1 Å². The number of methoxy groups -OCH3 is 1. The van der Waals surface area contributed by atoms with Crippen LogP contribution in [-0.4, -0.2) is 57.1 Å². The lowest BCUT2D eigenvalue weighted by Gasteiger charge is -2.32. The predicted molar refractivity (Wildman–Crippen MR) is 135 cm³/mol. The smallest absolute Gasteiger partial charge is 0.244 e. The molecule has 0 radical (unpaired) electrons. The number of rotatable bonds is 11. The SMILES string of the molecule is CCC(C)NC(=O)C(C)N(Cc1ccccc1Cl)C(=O)CN(c1cccc(OC)c1)S(C)(=O)=O. The fourth-order valence-corrected chi connectivity index (χ4v) is 4.27.